The van der Waals surface area contributed by atoms with E-state index in [2.05, 4.69) is 14.4 Å². The van der Waals surface area contributed by atoms with Crippen LogP contribution >= 0.6 is 11.6 Å². The summed E-state index contributed by atoms with van der Waals surface area (Å²) < 4.78 is 32.8. The molecule has 126 valence electrons. The topological polar surface area (TPSA) is 100 Å². The molecule has 0 aliphatic carbocycles. The van der Waals surface area contributed by atoms with Crippen molar-refractivity contribution in [1.29, 1.82) is 0 Å². The number of hydrogen-bond donors (Lipinski definition) is 3. The third-order valence-electron chi connectivity index (χ3n) is 3.21. The van der Waals surface area contributed by atoms with Gasteiger partial charge in [0.1, 0.15) is 5.75 Å². The second-order valence-electron chi connectivity index (χ2n) is 4.84. The predicted octanol–water partition coefficient (Wildman–Crippen LogP) is 1.18. The van der Waals surface area contributed by atoms with Crippen LogP contribution in [0.1, 0.15) is 12.5 Å². The quantitative estimate of drug-likeness (QED) is 0.691. The monoisotopic (exact) mass is 359 g/mol. The summed E-state index contributed by atoms with van der Waals surface area (Å²) >= 11 is 6.03. The summed E-state index contributed by atoms with van der Waals surface area (Å²) in [6.07, 6.45) is 0.265. The first-order chi connectivity index (χ1) is 10.9. The molecule has 0 aliphatic rings. The van der Waals surface area contributed by atoms with Crippen LogP contribution in [-0.2, 0) is 16.6 Å². The molecule has 0 bridgehead atoms. The Kier molecular flexibility index (Phi) is 5.64. The zero-order valence-electron chi connectivity index (χ0n) is 12.8. The number of benzene rings is 1. The highest BCUT2D eigenvalue weighted by Gasteiger charge is 2.10. The molecule has 2 aromatic rings. The minimum absolute atomic E-state index is 0.120. The van der Waals surface area contributed by atoms with Gasteiger partial charge in [0.15, 0.2) is 0 Å². The van der Waals surface area contributed by atoms with E-state index in [1.165, 1.54) is 7.11 Å². The van der Waals surface area contributed by atoms with Gasteiger partial charge in [-0.2, -0.15) is 8.42 Å². The van der Waals surface area contributed by atoms with Gasteiger partial charge >= 0.3 is 0 Å². The molecular formula is C14H18ClN3O4S. The Morgan fingerprint density at radius 1 is 1.26 bits per heavy atom. The average Bonchev–Trinajstić information content (AvgIpc) is 2.47. The average molecular weight is 360 g/mol. The number of rotatable bonds is 7. The first-order valence-corrected chi connectivity index (χ1v) is 8.86. The van der Waals surface area contributed by atoms with Crippen LogP contribution in [0.25, 0.3) is 10.9 Å². The van der Waals surface area contributed by atoms with Gasteiger partial charge in [0.05, 0.1) is 17.6 Å². The smallest absolute Gasteiger partial charge is 0.276 e. The zero-order valence-corrected chi connectivity index (χ0v) is 14.3. The van der Waals surface area contributed by atoms with Crippen LogP contribution < -0.4 is 19.7 Å². The van der Waals surface area contributed by atoms with Crippen LogP contribution in [0.15, 0.2) is 23.0 Å². The van der Waals surface area contributed by atoms with Gasteiger partial charge in [-0.25, -0.2) is 9.44 Å². The van der Waals surface area contributed by atoms with Gasteiger partial charge in [0.25, 0.3) is 15.8 Å². The van der Waals surface area contributed by atoms with Crippen molar-refractivity contribution in [2.45, 2.75) is 13.3 Å². The molecule has 9 heteroatoms. The van der Waals surface area contributed by atoms with E-state index in [0.717, 1.165) is 5.39 Å². The van der Waals surface area contributed by atoms with Crippen molar-refractivity contribution in [3.63, 3.8) is 0 Å². The standard InChI is InChI=1S/C14H18ClN3O4S/c1-3-16-23(20,21)17-5-4-9-6-10-7-13(22-2)11(15)8-12(10)18-14(9)19/h6-8,16-17H,3-5H2,1-2H3,(H,18,19). The molecule has 1 aromatic heterocycles. The molecule has 2 rings (SSSR count). The number of aromatic nitrogens is 1. The summed E-state index contributed by atoms with van der Waals surface area (Å²) in [5.74, 6) is 0.505. The minimum Gasteiger partial charge on any atom is -0.495 e. The van der Waals surface area contributed by atoms with E-state index in [9.17, 15) is 13.2 Å². The highest BCUT2D eigenvalue weighted by atomic mass is 35.5. The summed E-state index contributed by atoms with van der Waals surface area (Å²) in [7, 11) is -2.01. The van der Waals surface area contributed by atoms with Crippen molar-refractivity contribution in [2.24, 2.45) is 0 Å². The number of nitrogens with one attached hydrogen (secondary N) is 3. The number of aromatic amines is 1. The minimum atomic E-state index is -3.52. The SMILES string of the molecule is CCNS(=O)(=O)NCCc1cc2cc(OC)c(Cl)cc2[nH]c1=O. The Morgan fingerprint density at radius 3 is 2.65 bits per heavy atom. The number of methoxy groups -OCH3 is 1. The summed E-state index contributed by atoms with van der Waals surface area (Å²) in [4.78, 5) is 14.8. The molecule has 0 aliphatic heterocycles. The highest BCUT2D eigenvalue weighted by molar-refractivity contribution is 7.87. The van der Waals surface area contributed by atoms with Crippen LogP contribution in [0.3, 0.4) is 0 Å². The van der Waals surface area contributed by atoms with Crippen molar-refractivity contribution < 1.29 is 13.2 Å². The molecule has 0 unspecified atom stereocenters. The molecular weight excluding hydrogens is 342 g/mol. The number of hydrogen-bond acceptors (Lipinski definition) is 4. The number of halogens is 1. The molecule has 23 heavy (non-hydrogen) atoms. The van der Waals surface area contributed by atoms with Crippen molar-refractivity contribution in [3.05, 3.63) is 39.1 Å². The molecule has 0 atom stereocenters. The maximum atomic E-state index is 12.1. The van der Waals surface area contributed by atoms with Crippen LogP contribution in [0.5, 0.6) is 5.75 Å². The number of pyridine rings is 1. The summed E-state index contributed by atoms with van der Waals surface area (Å²) in [6, 6.07) is 5.04. The molecule has 0 saturated carbocycles. The number of H-pyrrole nitrogens is 1. The fourth-order valence-corrected chi connectivity index (χ4v) is 3.25. The maximum Gasteiger partial charge on any atom is 0.276 e. The van der Waals surface area contributed by atoms with Crippen LogP contribution in [0, 0.1) is 0 Å². The molecule has 0 fully saturated rings. The van der Waals surface area contributed by atoms with Gasteiger partial charge in [-0.15, -0.1) is 0 Å². The van der Waals surface area contributed by atoms with Gasteiger partial charge < -0.3 is 9.72 Å². The normalized spacial score (nSPS) is 11.8. The van der Waals surface area contributed by atoms with Gasteiger partial charge in [-0.05, 0) is 24.6 Å². The van der Waals surface area contributed by atoms with E-state index in [1.807, 2.05) is 0 Å². The third kappa shape index (κ3) is 4.44. The number of fused-ring (bicyclic) bond motifs is 1. The van der Waals surface area contributed by atoms with Gasteiger partial charge in [0.2, 0.25) is 0 Å². The van der Waals surface area contributed by atoms with Crippen LogP contribution in [0.4, 0.5) is 0 Å². The van der Waals surface area contributed by atoms with E-state index < -0.39 is 10.2 Å². The Hall–Kier alpha value is -1.61. The fourth-order valence-electron chi connectivity index (χ4n) is 2.16. The number of ether oxygens (including phenoxy) is 1. The lowest BCUT2D eigenvalue weighted by atomic mass is 10.1. The lowest BCUT2D eigenvalue weighted by molar-refractivity contribution is 0.415. The van der Waals surface area contributed by atoms with Crippen molar-refractivity contribution >= 4 is 32.7 Å². The Balaban J connectivity index is 2.23. The van der Waals surface area contributed by atoms with E-state index in [4.69, 9.17) is 16.3 Å². The largest absolute Gasteiger partial charge is 0.495 e. The first-order valence-electron chi connectivity index (χ1n) is 7.00. The maximum absolute atomic E-state index is 12.1. The van der Waals surface area contributed by atoms with Crippen molar-refractivity contribution in [1.82, 2.24) is 14.4 Å². The molecule has 1 heterocycles. The van der Waals surface area contributed by atoms with E-state index in [1.54, 1.807) is 25.1 Å². The second kappa shape index (κ2) is 7.31. The van der Waals surface area contributed by atoms with Crippen LogP contribution in [0.2, 0.25) is 5.02 Å². The summed E-state index contributed by atoms with van der Waals surface area (Å²) in [6.45, 7) is 2.10. The molecule has 0 saturated heterocycles. The van der Waals surface area contributed by atoms with Gasteiger partial charge in [0, 0.05) is 24.0 Å². The molecule has 3 N–H and O–H groups in total. The highest BCUT2D eigenvalue weighted by Crippen LogP contribution is 2.28. The lowest BCUT2D eigenvalue weighted by Crippen LogP contribution is -2.37. The lowest BCUT2D eigenvalue weighted by Gasteiger charge is -2.08. The van der Waals surface area contributed by atoms with E-state index in [-0.39, 0.29) is 18.5 Å². The van der Waals surface area contributed by atoms with Crippen molar-refractivity contribution in [2.75, 3.05) is 20.2 Å². The Labute approximate surface area is 139 Å². The van der Waals surface area contributed by atoms with E-state index in [0.29, 0.717) is 28.4 Å². The Bertz CT molecular complexity index is 864. The van der Waals surface area contributed by atoms with Gasteiger partial charge in [-0.3, -0.25) is 4.79 Å². The Morgan fingerprint density at radius 2 is 2.00 bits per heavy atom. The second-order valence-corrected chi connectivity index (χ2v) is 6.83. The predicted molar refractivity (Wildman–Crippen MR) is 90.4 cm³/mol. The summed E-state index contributed by atoms with van der Waals surface area (Å²) in [5.41, 5.74) is 0.792. The molecule has 0 amide bonds. The van der Waals surface area contributed by atoms with Gasteiger partial charge in [-0.1, -0.05) is 18.5 Å². The van der Waals surface area contributed by atoms with Crippen molar-refractivity contribution in [3.8, 4) is 5.75 Å². The summed E-state index contributed by atoms with van der Waals surface area (Å²) in [5, 5.41) is 1.16. The fraction of sp³-hybridized carbons (Fsp3) is 0.357. The third-order valence-corrected chi connectivity index (χ3v) is 4.76. The molecule has 7 nitrogen and oxygen atoms in total. The molecule has 0 radical (unpaired) electrons. The van der Waals surface area contributed by atoms with Crippen LogP contribution in [-0.4, -0.2) is 33.6 Å². The molecule has 0 spiro atoms. The first kappa shape index (κ1) is 17.7. The molecule has 1 aromatic carbocycles. The van der Waals surface area contributed by atoms with E-state index >= 15 is 0 Å². The zero-order chi connectivity index (χ0) is 17.0.